The average Bonchev–Trinajstić information content (AvgIpc) is 2.93. The molecule has 0 aromatic heterocycles. The SMILES string of the molecule is CC(C)[C@H]1C[C@@H](c2ccccc2)C2CC21. The molecule has 1 aromatic rings. The normalized spacial score (nSPS) is 38.1. The van der Waals surface area contributed by atoms with E-state index in [1.807, 2.05) is 0 Å². The lowest BCUT2D eigenvalue weighted by atomic mass is 9.86. The predicted octanol–water partition coefficient (Wildman–Crippen LogP) is 4.08. The van der Waals surface area contributed by atoms with E-state index in [1.54, 1.807) is 5.56 Å². The van der Waals surface area contributed by atoms with Gasteiger partial charge in [0.05, 0.1) is 0 Å². The van der Waals surface area contributed by atoms with Crippen molar-refractivity contribution in [2.75, 3.05) is 0 Å². The van der Waals surface area contributed by atoms with Gasteiger partial charge in [0, 0.05) is 0 Å². The van der Waals surface area contributed by atoms with Gasteiger partial charge in [-0.2, -0.15) is 0 Å². The van der Waals surface area contributed by atoms with E-state index in [0.717, 1.165) is 29.6 Å². The number of hydrogen-bond acceptors (Lipinski definition) is 0. The van der Waals surface area contributed by atoms with Gasteiger partial charge >= 0.3 is 0 Å². The molecule has 2 saturated carbocycles. The third-order valence-electron chi connectivity index (χ3n) is 4.57. The first-order chi connectivity index (χ1) is 7.27. The quantitative estimate of drug-likeness (QED) is 0.674. The zero-order valence-corrected chi connectivity index (χ0v) is 9.69. The van der Waals surface area contributed by atoms with Crippen molar-refractivity contribution in [2.24, 2.45) is 23.7 Å². The fraction of sp³-hybridized carbons (Fsp3) is 0.600. The van der Waals surface area contributed by atoms with Crippen LogP contribution in [0.1, 0.15) is 38.2 Å². The minimum absolute atomic E-state index is 0.878. The molecule has 0 bridgehead atoms. The zero-order valence-electron chi connectivity index (χ0n) is 9.69. The van der Waals surface area contributed by atoms with Crippen molar-refractivity contribution < 1.29 is 0 Å². The molecule has 0 aliphatic heterocycles. The molecule has 0 heterocycles. The van der Waals surface area contributed by atoms with Crippen LogP contribution in [0.4, 0.5) is 0 Å². The van der Waals surface area contributed by atoms with Crippen LogP contribution in [0.2, 0.25) is 0 Å². The number of rotatable bonds is 2. The highest BCUT2D eigenvalue weighted by Gasteiger charge is 2.54. The highest BCUT2D eigenvalue weighted by Crippen LogP contribution is 2.63. The van der Waals surface area contributed by atoms with E-state index in [9.17, 15) is 0 Å². The Morgan fingerprint density at radius 1 is 1.00 bits per heavy atom. The Morgan fingerprint density at radius 2 is 1.73 bits per heavy atom. The van der Waals surface area contributed by atoms with Crippen LogP contribution >= 0.6 is 0 Å². The second-order valence-corrected chi connectivity index (χ2v) is 5.72. The van der Waals surface area contributed by atoms with E-state index in [0.29, 0.717) is 0 Å². The third-order valence-corrected chi connectivity index (χ3v) is 4.57. The first-order valence-electron chi connectivity index (χ1n) is 6.32. The van der Waals surface area contributed by atoms with Crippen molar-refractivity contribution in [3.05, 3.63) is 35.9 Å². The first kappa shape index (κ1) is 9.45. The van der Waals surface area contributed by atoms with Gasteiger partial charge in [-0.25, -0.2) is 0 Å². The molecule has 0 heteroatoms. The molecule has 0 spiro atoms. The second kappa shape index (κ2) is 3.37. The summed E-state index contributed by atoms with van der Waals surface area (Å²) in [6.45, 7) is 4.79. The molecule has 0 N–H and O–H groups in total. The highest BCUT2D eigenvalue weighted by atomic mass is 14.6. The fourth-order valence-corrected chi connectivity index (χ4v) is 3.68. The summed E-state index contributed by atoms with van der Waals surface area (Å²) in [4.78, 5) is 0. The Balaban J connectivity index is 1.81. The summed E-state index contributed by atoms with van der Waals surface area (Å²) in [6.07, 6.45) is 2.94. The van der Waals surface area contributed by atoms with Crippen LogP contribution in [-0.2, 0) is 0 Å². The topological polar surface area (TPSA) is 0 Å². The zero-order chi connectivity index (χ0) is 10.4. The van der Waals surface area contributed by atoms with Crippen molar-refractivity contribution in [1.29, 1.82) is 0 Å². The first-order valence-corrected chi connectivity index (χ1v) is 6.32. The minimum atomic E-state index is 0.878. The van der Waals surface area contributed by atoms with Crippen LogP contribution in [-0.4, -0.2) is 0 Å². The van der Waals surface area contributed by atoms with E-state index < -0.39 is 0 Å². The smallest absolute Gasteiger partial charge is 0.0128 e. The highest BCUT2D eigenvalue weighted by molar-refractivity contribution is 5.25. The molecule has 15 heavy (non-hydrogen) atoms. The van der Waals surface area contributed by atoms with Gasteiger partial charge in [0.1, 0.15) is 0 Å². The van der Waals surface area contributed by atoms with Crippen molar-refractivity contribution >= 4 is 0 Å². The summed E-state index contributed by atoms with van der Waals surface area (Å²) in [5.74, 6) is 4.85. The molecule has 0 nitrogen and oxygen atoms in total. The predicted molar refractivity (Wildman–Crippen MR) is 63.7 cm³/mol. The van der Waals surface area contributed by atoms with Crippen LogP contribution in [0, 0.1) is 23.7 Å². The van der Waals surface area contributed by atoms with E-state index in [4.69, 9.17) is 0 Å². The van der Waals surface area contributed by atoms with Crippen molar-refractivity contribution in [3.63, 3.8) is 0 Å². The molecule has 2 aliphatic rings. The number of fused-ring (bicyclic) bond motifs is 1. The molecule has 2 fully saturated rings. The van der Waals surface area contributed by atoms with E-state index in [1.165, 1.54) is 12.8 Å². The van der Waals surface area contributed by atoms with Gasteiger partial charge in [0.25, 0.3) is 0 Å². The molecular weight excluding hydrogens is 180 g/mol. The van der Waals surface area contributed by atoms with Crippen LogP contribution in [0.3, 0.4) is 0 Å². The molecule has 4 atom stereocenters. The Hall–Kier alpha value is -0.780. The summed E-state index contributed by atoms with van der Waals surface area (Å²) in [7, 11) is 0. The molecular formula is C15H20. The summed E-state index contributed by atoms with van der Waals surface area (Å²) in [6, 6.07) is 11.2. The van der Waals surface area contributed by atoms with Gasteiger partial charge in [-0.3, -0.25) is 0 Å². The largest absolute Gasteiger partial charge is 0.0625 e. The van der Waals surface area contributed by atoms with Crippen molar-refractivity contribution in [3.8, 4) is 0 Å². The second-order valence-electron chi connectivity index (χ2n) is 5.72. The lowest BCUT2D eigenvalue weighted by molar-refractivity contribution is 0.344. The summed E-state index contributed by atoms with van der Waals surface area (Å²) in [5.41, 5.74) is 1.59. The maximum Gasteiger partial charge on any atom is -0.0128 e. The van der Waals surface area contributed by atoms with Crippen LogP contribution in [0.5, 0.6) is 0 Å². The average molecular weight is 200 g/mol. The van der Waals surface area contributed by atoms with Crippen molar-refractivity contribution in [2.45, 2.75) is 32.6 Å². The molecule has 80 valence electrons. The van der Waals surface area contributed by atoms with Crippen molar-refractivity contribution in [1.82, 2.24) is 0 Å². The Bertz CT molecular complexity index is 338. The number of hydrogen-bond donors (Lipinski definition) is 0. The van der Waals surface area contributed by atoms with Gasteiger partial charge < -0.3 is 0 Å². The molecule has 2 aliphatic carbocycles. The summed E-state index contributed by atoms with van der Waals surface area (Å²) < 4.78 is 0. The van der Waals surface area contributed by atoms with E-state index in [2.05, 4.69) is 44.2 Å². The maximum atomic E-state index is 2.40. The fourth-order valence-electron chi connectivity index (χ4n) is 3.68. The van der Waals surface area contributed by atoms with Gasteiger partial charge in [0.2, 0.25) is 0 Å². The maximum absolute atomic E-state index is 2.40. The Labute approximate surface area is 92.7 Å². The molecule has 0 radical (unpaired) electrons. The summed E-state index contributed by atoms with van der Waals surface area (Å²) in [5, 5.41) is 0. The van der Waals surface area contributed by atoms with Crippen LogP contribution in [0.15, 0.2) is 30.3 Å². The molecule has 1 aromatic carbocycles. The molecule has 3 rings (SSSR count). The standard InChI is InChI=1S/C15H20/c1-10(2)12-8-13(15-9-14(12)15)11-6-4-3-5-7-11/h3-7,10,12-15H,8-9H2,1-2H3/t12-,13+,14?,15?/m1/s1. The van der Waals surface area contributed by atoms with E-state index >= 15 is 0 Å². The lowest BCUT2D eigenvalue weighted by Crippen LogP contribution is -2.09. The van der Waals surface area contributed by atoms with Gasteiger partial charge in [-0.1, -0.05) is 44.2 Å². The molecule has 0 amide bonds. The van der Waals surface area contributed by atoms with Crippen LogP contribution < -0.4 is 0 Å². The monoisotopic (exact) mass is 200 g/mol. The number of benzene rings is 1. The van der Waals surface area contributed by atoms with Gasteiger partial charge in [0.15, 0.2) is 0 Å². The Morgan fingerprint density at radius 3 is 2.33 bits per heavy atom. The third kappa shape index (κ3) is 1.51. The Kier molecular flexibility index (Phi) is 2.12. The molecule has 2 unspecified atom stereocenters. The lowest BCUT2D eigenvalue weighted by Gasteiger charge is -2.19. The van der Waals surface area contributed by atoms with Gasteiger partial charge in [-0.05, 0) is 48.0 Å². The van der Waals surface area contributed by atoms with Gasteiger partial charge in [-0.15, -0.1) is 0 Å². The van der Waals surface area contributed by atoms with E-state index in [-0.39, 0.29) is 0 Å². The minimum Gasteiger partial charge on any atom is -0.0625 e. The van der Waals surface area contributed by atoms with Crippen LogP contribution in [0.25, 0.3) is 0 Å². The molecule has 0 saturated heterocycles. The summed E-state index contributed by atoms with van der Waals surface area (Å²) >= 11 is 0.